The Balaban J connectivity index is 2.00. The summed E-state index contributed by atoms with van der Waals surface area (Å²) < 4.78 is 0. The van der Waals surface area contributed by atoms with E-state index < -0.39 is 0 Å². The van der Waals surface area contributed by atoms with Gasteiger partial charge in [-0.25, -0.2) is 4.79 Å². The number of hydrogen-bond acceptors (Lipinski definition) is 5. The van der Waals surface area contributed by atoms with Crippen molar-refractivity contribution in [1.82, 2.24) is 15.1 Å². The second kappa shape index (κ2) is 6.27. The van der Waals surface area contributed by atoms with E-state index >= 15 is 0 Å². The molecule has 18 heavy (non-hydrogen) atoms. The van der Waals surface area contributed by atoms with Crippen molar-refractivity contribution in [1.29, 1.82) is 0 Å². The van der Waals surface area contributed by atoms with Gasteiger partial charge >= 0.3 is 6.03 Å². The summed E-state index contributed by atoms with van der Waals surface area (Å²) in [5.41, 5.74) is 1.58. The first-order valence-corrected chi connectivity index (χ1v) is 7.01. The highest BCUT2D eigenvalue weighted by Gasteiger charge is 2.14. The molecule has 0 aromatic carbocycles. The molecule has 0 aliphatic heterocycles. The average Bonchev–Trinajstić information content (AvgIpc) is 3.01. The van der Waals surface area contributed by atoms with Crippen LogP contribution in [0, 0.1) is 0 Å². The molecule has 0 bridgehead atoms. The fourth-order valence-corrected chi connectivity index (χ4v) is 2.52. The van der Waals surface area contributed by atoms with Crippen molar-refractivity contribution >= 4 is 33.8 Å². The maximum absolute atomic E-state index is 12.0. The number of aromatic nitrogens is 2. The van der Waals surface area contributed by atoms with Gasteiger partial charge in [0.05, 0.1) is 6.54 Å². The predicted octanol–water partition coefficient (Wildman–Crippen LogP) is 2.82. The molecule has 1 N–H and O–H groups in total. The lowest BCUT2D eigenvalue weighted by Gasteiger charge is -2.19. The molecule has 94 valence electrons. The third kappa shape index (κ3) is 3.38. The van der Waals surface area contributed by atoms with Gasteiger partial charge in [0, 0.05) is 11.4 Å². The van der Waals surface area contributed by atoms with Crippen LogP contribution in [0.15, 0.2) is 35.7 Å². The van der Waals surface area contributed by atoms with E-state index in [4.69, 9.17) is 0 Å². The number of nitrogens with zero attached hydrogens (tertiary/aromatic N) is 3. The van der Waals surface area contributed by atoms with E-state index in [9.17, 15) is 4.79 Å². The van der Waals surface area contributed by atoms with Crippen LogP contribution in [0.1, 0.15) is 4.88 Å². The quantitative estimate of drug-likeness (QED) is 0.857. The summed E-state index contributed by atoms with van der Waals surface area (Å²) in [6.45, 7) is 4.72. The monoisotopic (exact) mass is 280 g/mol. The van der Waals surface area contributed by atoms with Crippen LogP contribution >= 0.6 is 22.7 Å². The highest BCUT2D eigenvalue weighted by molar-refractivity contribution is 7.13. The Bertz CT molecular complexity index is 495. The van der Waals surface area contributed by atoms with Gasteiger partial charge in [0.25, 0.3) is 0 Å². The van der Waals surface area contributed by atoms with E-state index in [0.29, 0.717) is 18.2 Å². The molecule has 0 spiro atoms. The molecule has 2 aromatic rings. The maximum atomic E-state index is 12.0. The zero-order valence-electron chi connectivity index (χ0n) is 9.57. The first-order valence-electron chi connectivity index (χ1n) is 5.25. The zero-order valence-corrected chi connectivity index (χ0v) is 11.2. The van der Waals surface area contributed by atoms with Crippen molar-refractivity contribution in [3.05, 3.63) is 40.6 Å². The summed E-state index contributed by atoms with van der Waals surface area (Å²) in [5.74, 6) is 0. The maximum Gasteiger partial charge on any atom is 0.324 e. The molecule has 0 atom stereocenters. The highest BCUT2D eigenvalue weighted by Crippen LogP contribution is 2.14. The second-order valence-corrected chi connectivity index (χ2v) is 5.29. The average molecular weight is 280 g/mol. The van der Waals surface area contributed by atoms with Gasteiger partial charge in [0.15, 0.2) is 0 Å². The molecule has 0 saturated carbocycles. The summed E-state index contributed by atoms with van der Waals surface area (Å²) in [6.07, 6.45) is 1.70. The molecule has 0 radical (unpaired) electrons. The van der Waals surface area contributed by atoms with Gasteiger partial charge in [-0.1, -0.05) is 23.5 Å². The number of thiophene rings is 1. The minimum atomic E-state index is -0.194. The topological polar surface area (TPSA) is 58.1 Å². The van der Waals surface area contributed by atoms with Crippen molar-refractivity contribution in [3.8, 4) is 0 Å². The SMILES string of the molecule is C=CCN(Cc1cccs1)C(=O)Nc1nncs1. The van der Waals surface area contributed by atoms with E-state index in [2.05, 4.69) is 22.1 Å². The largest absolute Gasteiger partial charge is 0.324 e. The van der Waals surface area contributed by atoms with E-state index in [1.807, 2.05) is 17.5 Å². The van der Waals surface area contributed by atoms with Gasteiger partial charge in [0.1, 0.15) is 5.51 Å². The third-order valence-electron chi connectivity index (χ3n) is 2.14. The Hall–Kier alpha value is -1.73. The summed E-state index contributed by atoms with van der Waals surface area (Å²) in [6, 6.07) is 3.77. The Morgan fingerprint density at radius 2 is 2.44 bits per heavy atom. The van der Waals surface area contributed by atoms with Crippen molar-refractivity contribution in [2.75, 3.05) is 11.9 Å². The Kier molecular flexibility index (Phi) is 4.43. The van der Waals surface area contributed by atoms with Crippen LogP contribution in [-0.4, -0.2) is 27.7 Å². The normalized spacial score (nSPS) is 10.0. The van der Waals surface area contributed by atoms with E-state index in [-0.39, 0.29) is 6.03 Å². The van der Waals surface area contributed by atoms with Crippen LogP contribution in [-0.2, 0) is 6.54 Å². The van der Waals surface area contributed by atoms with Crippen LogP contribution in [0.3, 0.4) is 0 Å². The van der Waals surface area contributed by atoms with Gasteiger partial charge < -0.3 is 4.90 Å². The molecule has 2 heterocycles. The van der Waals surface area contributed by atoms with Crippen LogP contribution in [0.4, 0.5) is 9.93 Å². The number of nitrogens with one attached hydrogen (secondary N) is 1. The van der Waals surface area contributed by atoms with Crippen molar-refractivity contribution in [2.24, 2.45) is 0 Å². The van der Waals surface area contributed by atoms with Gasteiger partial charge in [-0.3, -0.25) is 5.32 Å². The molecule has 2 rings (SSSR count). The van der Waals surface area contributed by atoms with E-state index in [0.717, 1.165) is 4.88 Å². The molecule has 0 saturated heterocycles. The third-order valence-corrected chi connectivity index (χ3v) is 3.61. The van der Waals surface area contributed by atoms with Crippen LogP contribution in [0.2, 0.25) is 0 Å². The molecule has 5 nitrogen and oxygen atoms in total. The lowest BCUT2D eigenvalue weighted by atomic mass is 10.4. The van der Waals surface area contributed by atoms with Gasteiger partial charge in [-0.2, -0.15) is 0 Å². The first kappa shape index (κ1) is 12.7. The van der Waals surface area contributed by atoms with Crippen molar-refractivity contribution in [2.45, 2.75) is 6.54 Å². The first-order chi connectivity index (χ1) is 8.79. The fraction of sp³-hybridized carbons (Fsp3) is 0.182. The van der Waals surface area contributed by atoms with E-state index in [1.165, 1.54) is 11.3 Å². The lowest BCUT2D eigenvalue weighted by Crippen LogP contribution is -2.34. The summed E-state index contributed by atoms with van der Waals surface area (Å²) >= 11 is 2.91. The highest BCUT2D eigenvalue weighted by atomic mass is 32.1. The molecular weight excluding hydrogens is 268 g/mol. The Morgan fingerprint density at radius 1 is 1.56 bits per heavy atom. The van der Waals surface area contributed by atoms with Gasteiger partial charge in [0.2, 0.25) is 5.13 Å². The fourth-order valence-electron chi connectivity index (χ4n) is 1.36. The second-order valence-electron chi connectivity index (χ2n) is 3.42. The Labute approximate surface area is 113 Å². The number of amides is 2. The molecule has 0 aliphatic rings. The summed E-state index contributed by atoms with van der Waals surface area (Å²) in [4.78, 5) is 14.8. The minimum Gasteiger partial charge on any atom is -0.316 e. The van der Waals surface area contributed by atoms with E-state index in [1.54, 1.807) is 27.8 Å². The number of carbonyl (C=O) groups excluding carboxylic acids is 1. The van der Waals surface area contributed by atoms with Gasteiger partial charge in [-0.05, 0) is 11.4 Å². The molecule has 0 fully saturated rings. The number of urea groups is 1. The van der Waals surface area contributed by atoms with Crippen LogP contribution < -0.4 is 5.32 Å². The van der Waals surface area contributed by atoms with Gasteiger partial charge in [-0.15, -0.1) is 28.1 Å². The minimum absolute atomic E-state index is 0.194. The zero-order chi connectivity index (χ0) is 12.8. The number of rotatable bonds is 5. The number of carbonyl (C=O) groups is 1. The van der Waals surface area contributed by atoms with Crippen molar-refractivity contribution in [3.63, 3.8) is 0 Å². The number of hydrogen-bond donors (Lipinski definition) is 1. The molecule has 0 aliphatic carbocycles. The molecule has 2 aromatic heterocycles. The lowest BCUT2D eigenvalue weighted by molar-refractivity contribution is 0.215. The van der Waals surface area contributed by atoms with Crippen LogP contribution in [0.25, 0.3) is 0 Å². The van der Waals surface area contributed by atoms with Crippen LogP contribution in [0.5, 0.6) is 0 Å². The van der Waals surface area contributed by atoms with Crippen molar-refractivity contribution < 1.29 is 4.79 Å². The predicted molar refractivity (Wildman–Crippen MR) is 73.9 cm³/mol. The number of anilines is 1. The standard InChI is InChI=1S/C11H12N4OS2/c1-2-5-15(7-9-4-3-6-17-9)11(16)13-10-14-12-8-18-10/h2-4,6,8H,1,5,7H2,(H,13,14,16). The molecular formula is C11H12N4OS2. The Morgan fingerprint density at radius 3 is 3.06 bits per heavy atom. The summed E-state index contributed by atoms with van der Waals surface area (Å²) in [5, 5.41) is 12.7. The molecule has 7 heteroatoms. The summed E-state index contributed by atoms with van der Waals surface area (Å²) in [7, 11) is 0. The molecule has 0 unspecified atom stereocenters. The molecule has 2 amide bonds. The smallest absolute Gasteiger partial charge is 0.316 e.